The third kappa shape index (κ3) is 61.6. The fourth-order valence-electron chi connectivity index (χ4n) is 9.31. The Kier molecular flexibility index (Phi) is 60.7. The maximum atomic E-state index is 12.9. The van der Waals surface area contributed by atoms with Gasteiger partial charge < -0.3 is 14.2 Å². The van der Waals surface area contributed by atoms with E-state index in [2.05, 4.69) is 93.7 Å². The summed E-state index contributed by atoms with van der Waals surface area (Å²) >= 11 is 0. The molecule has 434 valence electrons. The van der Waals surface area contributed by atoms with Crippen molar-refractivity contribution >= 4 is 17.9 Å². The van der Waals surface area contributed by atoms with Crippen LogP contribution < -0.4 is 0 Å². The lowest BCUT2D eigenvalue weighted by Gasteiger charge is -2.18. The Hall–Kier alpha value is -3.15. The van der Waals surface area contributed by atoms with Crippen LogP contribution in [0.2, 0.25) is 0 Å². The molecule has 75 heavy (non-hydrogen) atoms. The van der Waals surface area contributed by atoms with E-state index in [1.54, 1.807) is 0 Å². The van der Waals surface area contributed by atoms with Gasteiger partial charge in [-0.2, -0.15) is 0 Å². The second-order valence-corrected chi connectivity index (χ2v) is 21.6. The van der Waals surface area contributed by atoms with E-state index in [1.165, 1.54) is 199 Å². The Bertz CT molecular complexity index is 1390. The van der Waals surface area contributed by atoms with Crippen LogP contribution >= 0.6 is 0 Å². The summed E-state index contributed by atoms with van der Waals surface area (Å²) in [6.07, 6.45) is 81.9. The summed E-state index contributed by atoms with van der Waals surface area (Å²) in [4.78, 5) is 38.4. The summed E-state index contributed by atoms with van der Waals surface area (Å²) in [6.45, 7) is 6.55. The quantitative estimate of drug-likeness (QED) is 0.0261. The van der Waals surface area contributed by atoms with Crippen molar-refractivity contribution < 1.29 is 28.6 Å². The summed E-state index contributed by atoms with van der Waals surface area (Å²) in [5, 5.41) is 0. The third-order valence-corrected chi connectivity index (χ3v) is 14.2. The van der Waals surface area contributed by atoms with Crippen molar-refractivity contribution in [3.8, 4) is 0 Å². The van der Waals surface area contributed by atoms with Gasteiger partial charge in [0.05, 0.1) is 0 Å². The van der Waals surface area contributed by atoms with Crippen LogP contribution in [0.1, 0.15) is 329 Å². The van der Waals surface area contributed by atoms with Crippen molar-refractivity contribution in [3.63, 3.8) is 0 Å². The zero-order valence-corrected chi connectivity index (χ0v) is 49.8. The van der Waals surface area contributed by atoms with E-state index in [1.807, 2.05) is 0 Å². The van der Waals surface area contributed by atoms with Gasteiger partial charge in [-0.1, -0.05) is 273 Å². The molecule has 0 aromatic rings. The van der Waals surface area contributed by atoms with Crippen LogP contribution in [-0.4, -0.2) is 37.2 Å². The zero-order chi connectivity index (χ0) is 54.3. The van der Waals surface area contributed by atoms with E-state index >= 15 is 0 Å². The fourth-order valence-corrected chi connectivity index (χ4v) is 9.31. The number of carbonyl (C=O) groups is 3. The monoisotopic (exact) mass is 1050 g/mol. The first kappa shape index (κ1) is 71.8. The van der Waals surface area contributed by atoms with Crippen LogP contribution in [0.5, 0.6) is 0 Å². The number of hydrogen-bond donors (Lipinski definition) is 0. The van der Waals surface area contributed by atoms with Gasteiger partial charge in [0.1, 0.15) is 13.2 Å². The van der Waals surface area contributed by atoms with Gasteiger partial charge in [0.15, 0.2) is 6.10 Å². The molecule has 0 aromatic heterocycles. The lowest BCUT2D eigenvalue weighted by atomic mass is 10.1. The number of carbonyl (C=O) groups excluding carboxylic acids is 3. The number of hydrogen-bond acceptors (Lipinski definition) is 6. The first-order chi connectivity index (χ1) is 37.0. The zero-order valence-electron chi connectivity index (χ0n) is 49.8. The van der Waals surface area contributed by atoms with Crippen LogP contribution in [0.4, 0.5) is 0 Å². The molecular weight excluding hydrogens is 925 g/mol. The molecule has 0 aliphatic carbocycles. The van der Waals surface area contributed by atoms with Gasteiger partial charge in [-0.3, -0.25) is 14.4 Å². The van der Waals surface area contributed by atoms with Gasteiger partial charge in [0.25, 0.3) is 0 Å². The number of rotatable bonds is 59. The SMILES string of the molecule is CC/C=C\C/C=C\C/C=C\C/C=C\CCCCCCCCC(=O)OCC(COC(=O)CCCCCCCCC/C=C\CCCCCCCCCC)OC(=O)CCCCCCCCC/C=C\CCCCCCCCCC. The molecule has 0 heterocycles. The topological polar surface area (TPSA) is 78.9 Å². The summed E-state index contributed by atoms with van der Waals surface area (Å²) in [5.41, 5.74) is 0. The van der Waals surface area contributed by atoms with Gasteiger partial charge in [0.2, 0.25) is 0 Å². The molecule has 0 bridgehead atoms. The highest BCUT2D eigenvalue weighted by Crippen LogP contribution is 2.16. The Morgan fingerprint density at radius 2 is 0.520 bits per heavy atom. The number of esters is 3. The largest absolute Gasteiger partial charge is 0.462 e. The highest BCUT2D eigenvalue weighted by Gasteiger charge is 2.19. The Morgan fingerprint density at radius 1 is 0.280 bits per heavy atom. The van der Waals surface area contributed by atoms with Crippen molar-refractivity contribution in [2.45, 2.75) is 335 Å². The van der Waals surface area contributed by atoms with Crippen LogP contribution in [0.15, 0.2) is 72.9 Å². The molecule has 6 nitrogen and oxygen atoms in total. The maximum absolute atomic E-state index is 12.9. The lowest BCUT2D eigenvalue weighted by Crippen LogP contribution is -2.30. The predicted octanol–water partition coefficient (Wildman–Crippen LogP) is 22.1. The van der Waals surface area contributed by atoms with Crippen molar-refractivity contribution in [1.29, 1.82) is 0 Å². The van der Waals surface area contributed by atoms with E-state index in [4.69, 9.17) is 14.2 Å². The standard InChI is InChI=1S/C69H122O6/c1-4-7-10-13-16-19-22-25-28-31-34-37-40-43-46-49-52-55-58-61-67(70)73-64-66(75-69(72)63-60-57-54-51-48-45-42-39-36-33-30-27-24-21-18-15-12-9-6-3)65-74-68(71)62-59-56-53-50-47-44-41-38-35-32-29-26-23-20-17-14-11-8-5-2/h7,10,16,19,25,28,32-37,66H,4-6,8-9,11-15,17-18,20-24,26-27,29-31,38-65H2,1-3H3/b10-7-,19-16-,28-25-,35-32-,36-33-,37-34-. The number of ether oxygens (including phenoxy) is 3. The van der Waals surface area contributed by atoms with E-state index in [-0.39, 0.29) is 31.1 Å². The molecule has 6 heteroatoms. The Labute approximate surface area is 465 Å². The number of allylic oxidation sites excluding steroid dienone is 12. The molecule has 0 radical (unpaired) electrons. The molecule has 0 saturated carbocycles. The Morgan fingerprint density at radius 3 is 0.827 bits per heavy atom. The first-order valence-electron chi connectivity index (χ1n) is 32.4. The molecule has 0 aliphatic heterocycles. The highest BCUT2D eigenvalue weighted by molar-refractivity contribution is 5.71. The third-order valence-electron chi connectivity index (χ3n) is 14.2. The average molecular weight is 1050 g/mol. The number of unbranched alkanes of at least 4 members (excludes halogenated alkanes) is 36. The summed E-state index contributed by atoms with van der Waals surface area (Å²) in [5.74, 6) is -0.890. The molecule has 1 unspecified atom stereocenters. The Balaban J connectivity index is 4.40. The minimum Gasteiger partial charge on any atom is -0.462 e. The average Bonchev–Trinajstić information content (AvgIpc) is 3.41. The van der Waals surface area contributed by atoms with Crippen molar-refractivity contribution in [2.75, 3.05) is 13.2 Å². The van der Waals surface area contributed by atoms with E-state index < -0.39 is 6.10 Å². The van der Waals surface area contributed by atoms with E-state index in [0.717, 1.165) is 89.9 Å². The normalized spacial score (nSPS) is 12.5. The van der Waals surface area contributed by atoms with E-state index in [0.29, 0.717) is 19.3 Å². The maximum Gasteiger partial charge on any atom is 0.306 e. The van der Waals surface area contributed by atoms with E-state index in [9.17, 15) is 14.4 Å². The molecule has 0 N–H and O–H groups in total. The molecule has 0 aromatic carbocycles. The molecule has 0 aliphatic rings. The molecule has 0 spiro atoms. The van der Waals surface area contributed by atoms with Crippen LogP contribution in [0.25, 0.3) is 0 Å². The summed E-state index contributed by atoms with van der Waals surface area (Å²) < 4.78 is 16.9. The van der Waals surface area contributed by atoms with Crippen molar-refractivity contribution in [2.24, 2.45) is 0 Å². The highest BCUT2D eigenvalue weighted by atomic mass is 16.6. The van der Waals surface area contributed by atoms with Crippen LogP contribution in [-0.2, 0) is 28.6 Å². The molecule has 0 fully saturated rings. The molecule has 0 amide bonds. The second kappa shape index (κ2) is 63.4. The first-order valence-corrected chi connectivity index (χ1v) is 32.4. The molecule has 1 atom stereocenters. The van der Waals surface area contributed by atoms with Gasteiger partial charge in [-0.15, -0.1) is 0 Å². The van der Waals surface area contributed by atoms with Gasteiger partial charge >= 0.3 is 17.9 Å². The second-order valence-electron chi connectivity index (χ2n) is 21.6. The fraction of sp³-hybridized carbons (Fsp3) is 0.783. The molecule has 0 rings (SSSR count). The lowest BCUT2D eigenvalue weighted by molar-refractivity contribution is -0.167. The van der Waals surface area contributed by atoms with Gasteiger partial charge in [-0.25, -0.2) is 0 Å². The minimum atomic E-state index is -0.787. The van der Waals surface area contributed by atoms with Crippen LogP contribution in [0, 0.1) is 0 Å². The predicted molar refractivity (Wildman–Crippen MR) is 325 cm³/mol. The van der Waals surface area contributed by atoms with Gasteiger partial charge in [0, 0.05) is 19.3 Å². The van der Waals surface area contributed by atoms with Crippen molar-refractivity contribution in [1.82, 2.24) is 0 Å². The molecule has 0 saturated heterocycles. The summed E-state index contributed by atoms with van der Waals surface area (Å²) in [7, 11) is 0. The van der Waals surface area contributed by atoms with Crippen molar-refractivity contribution in [3.05, 3.63) is 72.9 Å². The molecular formula is C69H122O6. The smallest absolute Gasteiger partial charge is 0.306 e. The summed E-state index contributed by atoms with van der Waals surface area (Å²) in [6, 6.07) is 0. The van der Waals surface area contributed by atoms with Crippen LogP contribution in [0.3, 0.4) is 0 Å². The minimum absolute atomic E-state index is 0.0826. The van der Waals surface area contributed by atoms with Gasteiger partial charge in [-0.05, 0) is 109 Å².